The molecule has 6 nitrogen and oxygen atoms in total. The third-order valence-corrected chi connectivity index (χ3v) is 3.10. The van der Waals surface area contributed by atoms with Gasteiger partial charge in [-0.1, -0.05) is 0 Å². The molecule has 0 atom stereocenters. The zero-order valence-corrected chi connectivity index (χ0v) is 11.5. The molecule has 0 radical (unpaired) electrons. The van der Waals surface area contributed by atoms with E-state index < -0.39 is 13.8 Å². The Bertz CT molecular complexity index is 302. The lowest BCUT2D eigenvalue weighted by Crippen LogP contribution is -2.03. The van der Waals surface area contributed by atoms with Crippen LogP contribution < -0.4 is 0 Å². The molecule has 0 saturated heterocycles. The van der Waals surface area contributed by atoms with Crippen LogP contribution >= 0.6 is 7.82 Å². The van der Waals surface area contributed by atoms with Crippen molar-refractivity contribution in [2.24, 2.45) is 0 Å². The van der Waals surface area contributed by atoms with Crippen molar-refractivity contribution in [3.63, 3.8) is 0 Å². The van der Waals surface area contributed by atoms with Crippen LogP contribution in [0.2, 0.25) is 0 Å². The number of carbonyl (C=O) groups is 1. The number of phosphoric ester groups is 1. The minimum atomic E-state index is -3.63. The van der Waals surface area contributed by atoms with E-state index in [0.717, 1.165) is 6.08 Å². The summed E-state index contributed by atoms with van der Waals surface area (Å²) in [6, 6.07) is 0. The number of phosphoric acid groups is 1. The summed E-state index contributed by atoms with van der Waals surface area (Å²) in [5.41, 5.74) is 0. The molecule has 0 unspecified atom stereocenters. The molecule has 0 aliphatic carbocycles. The summed E-state index contributed by atoms with van der Waals surface area (Å²) in [5.74, 6) is -0.446. The van der Waals surface area contributed by atoms with Crippen molar-refractivity contribution < 1.29 is 27.7 Å². The van der Waals surface area contributed by atoms with Gasteiger partial charge in [-0.15, -0.1) is 0 Å². The van der Waals surface area contributed by atoms with E-state index in [0.29, 0.717) is 0 Å². The molecule has 0 fully saturated rings. The van der Waals surface area contributed by atoms with E-state index >= 15 is 0 Å². The maximum absolute atomic E-state index is 11.9. The molecular weight excluding hydrogens is 247 g/mol. The molecule has 0 aromatic carbocycles. The fraction of sp³-hybridized carbons (Fsp3) is 0.700. The Labute approximate surface area is 101 Å². The number of allylic oxidation sites excluding steroid dienone is 1. The highest BCUT2D eigenvalue weighted by Gasteiger charge is 2.27. The van der Waals surface area contributed by atoms with Crippen LogP contribution in [-0.2, 0) is 27.7 Å². The molecule has 17 heavy (non-hydrogen) atoms. The van der Waals surface area contributed by atoms with Crippen LogP contribution in [0.25, 0.3) is 0 Å². The van der Waals surface area contributed by atoms with E-state index in [9.17, 15) is 9.36 Å². The first kappa shape index (κ1) is 16.2. The van der Waals surface area contributed by atoms with Crippen LogP contribution in [0.3, 0.4) is 0 Å². The van der Waals surface area contributed by atoms with Gasteiger partial charge in [0.2, 0.25) is 0 Å². The van der Waals surface area contributed by atoms with E-state index in [4.69, 9.17) is 13.6 Å². The zero-order chi connectivity index (χ0) is 13.3. The Morgan fingerprint density at radius 3 is 2.06 bits per heavy atom. The third-order valence-electron chi connectivity index (χ3n) is 1.44. The van der Waals surface area contributed by atoms with E-state index in [1.54, 1.807) is 20.8 Å². The SMILES string of the molecule is CCOC(=O)C=C(C)OP(=O)(OCC)OCC. The molecule has 0 spiro atoms. The normalized spacial score (nSPS) is 12.4. The average molecular weight is 266 g/mol. The van der Waals surface area contributed by atoms with Crippen LogP contribution in [0.1, 0.15) is 27.7 Å². The van der Waals surface area contributed by atoms with Gasteiger partial charge >= 0.3 is 13.8 Å². The van der Waals surface area contributed by atoms with Gasteiger partial charge < -0.3 is 9.26 Å². The second-order valence-electron chi connectivity index (χ2n) is 2.88. The Morgan fingerprint density at radius 1 is 1.12 bits per heavy atom. The first-order valence-electron chi connectivity index (χ1n) is 5.41. The van der Waals surface area contributed by atoms with Crippen LogP contribution in [0, 0.1) is 0 Å². The highest BCUT2D eigenvalue weighted by molar-refractivity contribution is 7.48. The monoisotopic (exact) mass is 266 g/mol. The summed E-state index contributed by atoms with van der Waals surface area (Å²) < 4.78 is 31.4. The fourth-order valence-corrected chi connectivity index (χ4v) is 2.18. The summed E-state index contributed by atoms with van der Waals surface area (Å²) in [7, 11) is -3.63. The van der Waals surface area contributed by atoms with Gasteiger partial charge in [-0.3, -0.25) is 9.05 Å². The second kappa shape index (κ2) is 8.28. The first-order chi connectivity index (χ1) is 7.97. The number of hydrogen-bond donors (Lipinski definition) is 0. The number of esters is 1. The van der Waals surface area contributed by atoms with Crippen LogP contribution in [0.4, 0.5) is 0 Å². The van der Waals surface area contributed by atoms with Crippen LogP contribution in [-0.4, -0.2) is 25.8 Å². The molecule has 0 aliphatic heterocycles. The molecule has 0 bridgehead atoms. The number of hydrogen-bond acceptors (Lipinski definition) is 6. The lowest BCUT2D eigenvalue weighted by atomic mass is 10.5. The standard InChI is InChI=1S/C10H19O6P/c1-5-13-10(11)8-9(4)16-17(12,14-6-2)15-7-3/h8H,5-7H2,1-4H3. The molecule has 0 aromatic rings. The van der Waals surface area contributed by atoms with Crippen molar-refractivity contribution in [2.45, 2.75) is 27.7 Å². The van der Waals surface area contributed by atoms with Crippen molar-refractivity contribution in [3.8, 4) is 0 Å². The predicted octanol–water partition coefficient (Wildman–Crippen LogP) is 2.65. The van der Waals surface area contributed by atoms with Crippen LogP contribution in [0.5, 0.6) is 0 Å². The van der Waals surface area contributed by atoms with Gasteiger partial charge in [0.1, 0.15) is 5.76 Å². The number of rotatable bonds is 8. The maximum Gasteiger partial charge on any atom is 0.529 e. The lowest BCUT2D eigenvalue weighted by Gasteiger charge is -2.17. The Balaban J connectivity index is 4.54. The summed E-state index contributed by atoms with van der Waals surface area (Å²) in [4.78, 5) is 11.1. The van der Waals surface area contributed by atoms with Crippen molar-refractivity contribution in [1.82, 2.24) is 0 Å². The molecule has 0 N–H and O–H groups in total. The molecular formula is C10H19O6P. The molecule has 0 rings (SSSR count). The topological polar surface area (TPSA) is 71.1 Å². The van der Waals surface area contributed by atoms with E-state index in [-0.39, 0.29) is 25.6 Å². The second-order valence-corrected chi connectivity index (χ2v) is 4.47. The van der Waals surface area contributed by atoms with Gasteiger partial charge in [-0.05, 0) is 27.7 Å². The van der Waals surface area contributed by atoms with E-state index in [1.165, 1.54) is 6.92 Å². The number of carbonyl (C=O) groups excluding carboxylic acids is 1. The molecule has 0 aliphatic rings. The largest absolute Gasteiger partial charge is 0.529 e. The zero-order valence-electron chi connectivity index (χ0n) is 10.6. The highest BCUT2D eigenvalue weighted by atomic mass is 31.2. The third kappa shape index (κ3) is 7.15. The maximum atomic E-state index is 11.9. The van der Waals surface area contributed by atoms with Gasteiger partial charge in [0, 0.05) is 0 Å². The fourth-order valence-electron chi connectivity index (χ4n) is 0.959. The molecule has 0 saturated carbocycles. The van der Waals surface area contributed by atoms with Crippen molar-refractivity contribution in [1.29, 1.82) is 0 Å². The molecule has 0 amide bonds. The quantitative estimate of drug-likeness (QED) is 0.291. The molecule has 100 valence electrons. The van der Waals surface area contributed by atoms with E-state index in [2.05, 4.69) is 4.74 Å². The minimum absolute atomic E-state index is 0.119. The van der Waals surface area contributed by atoms with E-state index in [1.807, 2.05) is 0 Å². The van der Waals surface area contributed by atoms with Gasteiger partial charge in [-0.25, -0.2) is 9.36 Å². The Hall–Kier alpha value is -0.840. The summed E-state index contributed by atoms with van der Waals surface area (Å²) >= 11 is 0. The Kier molecular flexibility index (Phi) is 7.87. The molecule has 0 heterocycles. The van der Waals surface area contributed by atoms with Gasteiger partial charge in [0.05, 0.1) is 25.9 Å². The molecule has 7 heteroatoms. The molecule has 0 aromatic heterocycles. The van der Waals surface area contributed by atoms with Crippen LogP contribution in [0.15, 0.2) is 11.8 Å². The smallest absolute Gasteiger partial charge is 0.463 e. The average Bonchev–Trinajstić information content (AvgIpc) is 2.17. The lowest BCUT2D eigenvalue weighted by molar-refractivity contribution is -0.137. The first-order valence-corrected chi connectivity index (χ1v) is 6.87. The predicted molar refractivity (Wildman–Crippen MR) is 62.3 cm³/mol. The van der Waals surface area contributed by atoms with Crippen molar-refractivity contribution >= 4 is 13.8 Å². The van der Waals surface area contributed by atoms with Crippen molar-refractivity contribution in [2.75, 3.05) is 19.8 Å². The Morgan fingerprint density at radius 2 is 1.65 bits per heavy atom. The van der Waals surface area contributed by atoms with Gasteiger partial charge in [0.15, 0.2) is 0 Å². The van der Waals surface area contributed by atoms with Gasteiger partial charge in [-0.2, -0.15) is 0 Å². The minimum Gasteiger partial charge on any atom is -0.463 e. The highest BCUT2D eigenvalue weighted by Crippen LogP contribution is 2.51. The summed E-state index contributed by atoms with van der Waals surface area (Å²) in [5, 5.41) is 0. The summed E-state index contributed by atoms with van der Waals surface area (Å²) in [6.07, 6.45) is 1.09. The van der Waals surface area contributed by atoms with Gasteiger partial charge in [0.25, 0.3) is 0 Å². The number of ether oxygens (including phenoxy) is 1. The van der Waals surface area contributed by atoms with Crippen molar-refractivity contribution in [3.05, 3.63) is 11.8 Å². The summed E-state index contributed by atoms with van der Waals surface area (Å²) in [6.45, 7) is 7.12.